The van der Waals surface area contributed by atoms with Gasteiger partial charge in [-0.2, -0.15) is 0 Å². The first-order valence-electron chi connectivity index (χ1n) is 10.4. The van der Waals surface area contributed by atoms with Gasteiger partial charge in [0, 0.05) is 32.7 Å². The summed E-state index contributed by atoms with van der Waals surface area (Å²) >= 11 is 0. The van der Waals surface area contributed by atoms with Crippen LogP contribution in [0.15, 0.2) is 12.1 Å². The van der Waals surface area contributed by atoms with Gasteiger partial charge >= 0.3 is 12.7 Å². The SMILES string of the molecule is C[C@@](N)(CN1CC(Oc2ccc3c(c2C(=O)O)O[B-](O)(O)C2CC32)C1)C(=O)NCCN. The van der Waals surface area contributed by atoms with Gasteiger partial charge in [-0.05, 0) is 24.5 Å². The van der Waals surface area contributed by atoms with Crippen molar-refractivity contribution in [2.45, 2.75) is 36.7 Å². The fourth-order valence-electron chi connectivity index (χ4n) is 4.44. The van der Waals surface area contributed by atoms with E-state index >= 15 is 0 Å². The van der Waals surface area contributed by atoms with E-state index in [1.54, 1.807) is 19.1 Å². The summed E-state index contributed by atoms with van der Waals surface area (Å²) in [4.78, 5) is 26.0. The zero-order valence-corrected chi connectivity index (χ0v) is 17.3. The molecule has 1 aromatic carbocycles. The van der Waals surface area contributed by atoms with Crippen molar-refractivity contribution < 1.29 is 34.1 Å². The van der Waals surface area contributed by atoms with Crippen molar-refractivity contribution >= 4 is 18.6 Å². The number of likely N-dealkylation sites (tertiary alicyclic amines) is 1. The Kier molecular flexibility index (Phi) is 5.38. The molecule has 12 heteroatoms. The second-order valence-corrected chi connectivity index (χ2v) is 8.94. The van der Waals surface area contributed by atoms with E-state index in [0.29, 0.717) is 44.7 Å². The second-order valence-electron chi connectivity index (χ2n) is 8.94. The van der Waals surface area contributed by atoms with Gasteiger partial charge in [0.2, 0.25) is 5.91 Å². The lowest BCUT2D eigenvalue weighted by Crippen LogP contribution is -2.64. The van der Waals surface area contributed by atoms with Crippen LogP contribution in [0.25, 0.3) is 0 Å². The molecule has 11 nitrogen and oxygen atoms in total. The molecule has 170 valence electrons. The maximum absolute atomic E-state index is 12.1. The highest BCUT2D eigenvalue weighted by atomic mass is 16.6. The Morgan fingerprint density at radius 3 is 2.74 bits per heavy atom. The van der Waals surface area contributed by atoms with Gasteiger partial charge in [0.1, 0.15) is 23.0 Å². The Labute approximate surface area is 179 Å². The van der Waals surface area contributed by atoms with Crippen LogP contribution in [0.3, 0.4) is 0 Å². The number of aromatic carboxylic acids is 1. The Bertz CT molecular complexity index is 903. The van der Waals surface area contributed by atoms with Crippen LogP contribution >= 0.6 is 0 Å². The number of fused-ring (bicyclic) bond motifs is 3. The number of benzene rings is 1. The molecule has 0 aromatic heterocycles. The number of nitrogens with one attached hydrogen (secondary N) is 1. The topological polar surface area (TPSA) is 181 Å². The van der Waals surface area contributed by atoms with E-state index < -0.39 is 24.1 Å². The average molecular weight is 435 g/mol. The number of hydrogen-bond donors (Lipinski definition) is 6. The van der Waals surface area contributed by atoms with E-state index in [-0.39, 0.29) is 35.0 Å². The lowest BCUT2D eigenvalue weighted by molar-refractivity contribution is -0.127. The smallest absolute Gasteiger partial charge is 0.434 e. The van der Waals surface area contributed by atoms with Crippen molar-refractivity contribution in [3.63, 3.8) is 0 Å². The molecule has 8 N–H and O–H groups in total. The van der Waals surface area contributed by atoms with E-state index in [1.807, 2.05) is 4.90 Å². The molecule has 1 saturated carbocycles. The predicted octanol–water partition coefficient (Wildman–Crippen LogP) is -1.59. The maximum Gasteiger partial charge on any atom is 0.434 e. The Morgan fingerprint density at radius 1 is 1.39 bits per heavy atom. The first-order chi connectivity index (χ1) is 14.5. The third-order valence-electron chi connectivity index (χ3n) is 6.17. The van der Waals surface area contributed by atoms with Crippen molar-refractivity contribution in [1.82, 2.24) is 10.2 Å². The zero-order valence-electron chi connectivity index (χ0n) is 17.3. The number of carbonyl (C=O) groups excluding carboxylic acids is 1. The summed E-state index contributed by atoms with van der Waals surface area (Å²) in [5.74, 6) is -1.99. The van der Waals surface area contributed by atoms with Gasteiger partial charge in [-0.1, -0.05) is 18.3 Å². The average Bonchev–Trinajstić information content (AvgIpc) is 3.45. The quantitative estimate of drug-likeness (QED) is 0.261. The number of nitrogens with two attached hydrogens (primary N) is 2. The maximum atomic E-state index is 12.1. The lowest BCUT2D eigenvalue weighted by Gasteiger charge is -2.43. The number of hydrogen-bond acceptors (Lipinski definition) is 9. The molecule has 0 bridgehead atoms. The molecule has 0 spiro atoms. The first-order valence-corrected chi connectivity index (χ1v) is 10.4. The van der Waals surface area contributed by atoms with Crippen LogP contribution in [-0.2, 0) is 4.79 Å². The molecule has 3 aliphatic rings. The molecular weight excluding hydrogens is 407 g/mol. The van der Waals surface area contributed by atoms with E-state index in [9.17, 15) is 24.7 Å². The first kappa shape index (κ1) is 21.8. The molecule has 31 heavy (non-hydrogen) atoms. The molecule has 1 amide bonds. The monoisotopic (exact) mass is 435 g/mol. The molecule has 2 heterocycles. The van der Waals surface area contributed by atoms with Gasteiger partial charge in [-0.3, -0.25) is 9.69 Å². The number of carboxylic acids is 1. The fourth-order valence-corrected chi connectivity index (χ4v) is 4.44. The minimum absolute atomic E-state index is 0.0314. The zero-order chi connectivity index (χ0) is 22.6. The fraction of sp³-hybridized carbons (Fsp3) is 0.579. The number of ether oxygens (including phenoxy) is 1. The highest BCUT2D eigenvalue weighted by Gasteiger charge is 2.55. The minimum atomic E-state index is -3.09. The summed E-state index contributed by atoms with van der Waals surface area (Å²) in [6.45, 7) is 0.465. The molecule has 2 fully saturated rings. The number of carboxylic acid groups (broad SMARTS) is 1. The van der Waals surface area contributed by atoms with E-state index in [0.717, 1.165) is 0 Å². The van der Waals surface area contributed by atoms with Crippen molar-refractivity contribution in [2.24, 2.45) is 11.5 Å². The van der Waals surface area contributed by atoms with Gasteiger partial charge in [0.25, 0.3) is 0 Å². The number of amides is 1. The van der Waals surface area contributed by atoms with E-state index in [2.05, 4.69) is 5.32 Å². The molecule has 2 unspecified atom stereocenters. The molecule has 1 aromatic rings. The minimum Gasteiger partial charge on any atom is -0.669 e. The van der Waals surface area contributed by atoms with Gasteiger partial charge in [0.05, 0.1) is 5.75 Å². The highest BCUT2D eigenvalue weighted by Crippen LogP contribution is 2.63. The molecule has 1 saturated heterocycles. The van der Waals surface area contributed by atoms with Crippen LogP contribution in [0.5, 0.6) is 11.5 Å². The lowest BCUT2D eigenvalue weighted by atomic mass is 9.68. The molecule has 4 rings (SSSR count). The van der Waals surface area contributed by atoms with Gasteiger partial charge in [0.15, 0.2) is 0 Å². The Hall–Kier alpha value is -2.38. The van der Waals surface area contributed by atoms with Gasteiger partial charge < -0.3 is 41.3 Å². The third-order valence-corrected chi connectivity index (χ3v) is 6.17. The Balaban J connectivity index is 1.41. The van der Waals surface area contributed by atoms with Crippen LogP contribution in [0.1, 0.15) is 35.2 Å². The van der Waals surface area contributed by atoms with Crippen LogP contribution in [0.4, 0.5) is 0 Å². The highest BCUT2D eigenvalue weighted by molar-refractivity contribution is 6.62. The third kappa shape index (κ3) is 4.09. The van der Waals surface area contributed by atoms with Crippen molar-refractivity contribution in [2.75, 3.05) is 32.7 Å². The predicted molar refractivity (Wildman–Crippen MR) is 111 cm³/mol. The van der Waals surface area contributed by atoms with Crippen molar-refractivity contribution in [3.05, 3.63) is 23.3 Å². The van der Waals surface area contributed by atoms with Crippen LogP contribution < -0.4 is 26.2 Å². The van der Waals surface area contributed by atoms with E-state index in [1.165, 1.54) is 0 Å². The summed E-state index contributed by atoms with van der Waals surface area (Å²) in [6, 6.07) is 3.31. The summed E-state index contributed by atoms with van der Waals surface area (Å²) in [5, 5.41) is 32.6. The molecule has 3 atom stereocenters. The normalized spacial score (nSPS) is 25.8. The van der Waals surface area contributed by atoms with Crippen LogP contribution in [-0.4, -0.2) is 83.1 Å². The standard InChI is InChI=1S/C19H28BN4O7/c1-19(22,18(27)23-5-4-21)9-24-7-10(8-24)30-14-3-2-11-12-6-13(12)20(28,29)31-16(11)15(14)17(25)26/h2-3,10,12-13,28-29H,4-9,21-22H2,1H3,(H,23,27)(H,25,26)/q-1/t12?,13?,19-/m1/s1. The number of nitrogens with zero attached hydrogens (tertiary/aromatic N) is 1. The molecular formula is C19H28BN4O7-. The molecule has 1 aliphatic carbocycles. The molecule has 2 aliphatic heterocycles. The summed E-state index contributed by atoms with van der Waals surface area (Å²) < 4.78 is 11.2. The van der Waals surface area contributed by atoms with Gasteiger partial charge in [-0.25, -0.2) is 4.79 Å². The number of rotatable bonds is 8. The number of carbonyl (C=O) groups is 2. The largest absolute Gasteiger partial charge is 0.669 e. The van der Waals surface area contributed by atoms with Gasteiger partial charge in [-0.15, -0.1) is 0 Å². The van der Waals surface area contributed by atoms with Crippen LogP contribution in [0, 0.1) is 0 Å². The molecule has 0 radical (unpaired) electrons. The summed E-state index contributed by atoms with van der Waals surface area (Å²) in [7, 11) is 0. The summed E-state index contributed by atoms with van der Waals surface area (Å²) in [6.07, 6.45) is 0.253. The van der Waals surface area contributed by atoms with Crippen LogP contribution in [0.2, 0.25) is 5.82 Å². The second kappa shape index (κ2) is 7.64. The van der Waals surface area contributed by atoms with Crippen molar-refractivity contribution in [1.29, 1.82) is 0 Å². The Morgan fingerprint density at radius 2 is 2.10 bits per heavy atom. The summed E-state index contributed by atoms with van der Waals surface area (Å²) in [5.41, 5.74) is 10.9. The van der Waals surface area contributed by atoms with E-state index in [4.69, 9.17) is 20.9 Å². The van der Waals surface area contributed by atoms with Crippen molar-refractivity contribution in [3.8, 4) is 11.5 Å².